The van der Waals surface area contributed by atoms with Gasteiger partial charge in [-0.1, -0.05) is 0 Å². The Hall–Kier alpha value is -1.10. The van der Waals surface area contributed by atoms with E-state index in [0.29, 0.717) is 13.1 Å². The van der Waals surface area contributed by atoms with Crippen molar-refractivity contribution in [2.45, 2.75) is 39.3 Å². The lowest BCUT2D eigenvalue weighted by molar-refractivity contribution is -0.143. The maximum atomic E-state index is 11.8. The summed E-state index contributed by atoms with van der Waals surface area (Å²) in [4.78, 5) is 27.2. The molecule has 1 fully saturated rings. The molecule has 1 heterocycles. The molecule has 1 aliphatic rings. The Bertz CT molecular complexity index is 309. The molecule has 5 heteroatoms. The molecule has 0 radical (unpaired) electrons. The van der Waals surface area contributed by atoms with Gasteiger partial charge < -0.3 is 10.2 Å². The van der Waals surface area contributed by atoms with Crippen molar-refractivity contribution in [2.75, 3.05) is 26.7 Å². The van der Waals surface area contributed by atoms with E-state index >= 15 is 0 Å². The highest BCUT2D eigenvalue weighted by molar-refractivity contribution is 5.87. The minimum atomic E-state index is -0.370. The van der Waals surface area contributed by atoms with Crippen LogP contribution in [-0.4, -0.2) is 59.9 Å². The van der Waals surface area contributed by atoms with Gasteiger partial charge in [-0.25, -0.2) is 0 Å². The molecule has 0 aromatic rings. The molecule has 1 aliphatic heterocycles. The monoisotopic (exact) mass is 241 g/mol. The standard InChI is InChI=1S/C12H23N3O2/c1-9(16)15-7-6-14(12(2,3)4)8-10(15)11(17)13-5/h10H,6-8H2,1-5H3,(H,13,17). The van der Waals surface area contributed by atoms with Crippen molar-refractivity contribution in [3.63, 3.8) is 0 Å². The van der Waals surface area contributed by atoms with E-state index in [1.165, 1.54) is 6.92 Å². The van der Waals surface area contributed by atoms with Gasteiger partial charge in [-0.05, 0) is 20.8 Å². The van der Waals surface area contributed by atoms with Crippen LogP contribution in [0.25, 0.3) is 0 Å². The maximum Gasteiger partial charge on any atom is 0.243 e. The van der Waals surface area contributed by atoms with Gasteiger partial charge in [0.25, 0.3) is 0 Å². The van der Waals surface area contributed by atoms with Crippen LogP contribution >= 0.6 is 0 Å². The van der Waals surface area contributed by atoms with Crippen LogP contribution in [0.5, 0.6) is 0 Å². The summed E-state index contributed by atoms with van der Waals surface area (Å²) in [6, 6.07) is -0.370. The number of amides is 2. The van der Waals surface area contributed by atoms with E-state index in [2.05, 4.69) is 31.0 Å². The predicted molar refractivity (Wildman–Crippen MR) is 66.6 cm³/mol. The topological polar surface area (TPSA) is 52.7 Å². The highest BCUT2D eigenvalue weighted by Crippen LogP contribution is 2.19. The van der Waals surface area contributed by atoms with E-state index in [-0.39, 0.29) is 23.4 Å². The Morgan fingerprint density at radius 1 is 1.24 bits per heavy atom. The van der Waals surface area contributed by atoms with Crippen molar-refractivity contribution in [1.29, 1.82) is 0 Å². The van der Waals surface area contributed by atoms with E-state index < -0.39 is 0 Å². The minimum Gasteiger partial charge on any atom is -0.357 e. The van der Waals surface area contributed by atoms with Gasteiger partial charge in [0.15, 0.2) is 0 Å². The molecule has 0 bridgehead atoms. The fourth-order valence-electron chi connectivity index (χ4n) is 2.16. The molecule has 5 nitrogen and oxygen atoms in total. The van der Waals surface area contributed by atoms with Crippen LogP contribution in [0.4, 0.5) is 0 Å². The van der Waals surface area contributed by atoms with Gasteiger partial charge in [0, 0.05) is 39.1 Å². The first-order valence-corrected chi connectivity index (χ1v) is 6.01. The second kappa shape index (κ2) is 5.04. The molecule has 17 heavy (non-hydrogen) atoms. The van der Waals surface area contributed by atoms with E-state index in [9.17, 15) is 9.59 Å². The first kappa shape index (κ1) is 14.0. The lowest BCUT2D eigenvalue weighted by Gasteiger charge is -2.45. The minimum absolute atomic E-state index is 0.0230. The van der Waals surface area contributed by atoms with E-state index in [4.69, 9.17) is 0 Å². The van der Waals surface area contributed by atoms with Gasteiger partial charge >= 0.3 is 0 Å². The lowest BCUT2D eigenvalue weighted by atomic mass is 10.0. The highest BCUT2D eigenvalue weighted by atomic mass is 16.2. The van der Waals surface area contributed by atoms with Crippen molar-refractivity contribution in [3.8, 4) is 0 Å². The summed E-state index contributed by atoms with van der Waals surface area (Å²) in [6.45, 7) is 9.92. The van der Waals surface area contributed by atoms with E-state index in [0.717, 1.165) is 6.54 Å². The van der Waals surface area contributed by atoms with Gasteiger partial charge in [-0.15, -0.1) is 0 Å². The van der Waals surface area contributed by atoms with E-state index in [1.54, 1.807) is 11.9 Å². The average molecular weight is 241 g/mol. The number of rotatable bonds is 1. The van der Waals surface area contributed by atoms with Crippen molar-refractivity contribution < 1.29 is 9.59 Å². The normalized spacial score (nSPS) is 22.4. The smallest absolute Gasteiger partial charge is 0.243 e. The molecular formula is C12H23N3O2. The quantitative estimate of drug-likeness (QED) is 0.706. The van der Waals surface area contributed by atoms with Crippen LogP contribution in [0.2, 0.25) is 0 Å². The summed E-state index contributed by atoms with van der Waals surface area (Å²) >= 11 is 0. The number of hydrogen-bond acceptors (Lipinski definition) is 3. The third-order valence-corrected chi connectivity index (χ3v) is 3.28. The molecule has 2 amide bonds. The Morgan fingerprint density at radius 3 is 2.24 bits per heavy atom. The fraction of sp³-hybridized carbons (Fsp3) is 0.833. The Labute approximate surface area is 103 Å². The summed E-state index contributed by atoms with van der Waals surface area (Å²) in [5.74, 6) is -0.124. The average Bonchev–Trinajstić information content (AvgIpc) is 2.25. The van der Waals surface area contributed by atoms with Gasteiger partial charge in [0.05, 0.1) is 0 Å². The molecule has 1 atom stereocenters. The van der Waals surface area contributed by atoms with Crippen molar-refractivity contribution in [2.24, 2.45) is 0 Å². The second-order valence-corrected chi connectivity index (χ2v) is 5.46. The largest absolute Gasteiger partial charge is 0.357 e. The number of hydrogen-bond donors (Lipinski definition) is 1. The van der Waals surface area contributed by atoms with Crippen molar-refractivity contribution in [3.05, 3.63) is 0 Å². The van der Waals surface area contributed by atoms with Gasteiger partial charge in [-0.3, -0.25) is 14.5 Å². The Balaban J connectivity index is 2.84. The summed E-state index contributed by atoms with van der Waals surface area (Å²) in [5.41, 5.74) is 0.0230. The molecule has 0 saturated carbocycles. The first-order chi connectivity index (χ1) is 7.77. The Kier molecular flexibility index (Phi) is 4.14. The zero-order valence-electron chi connectivity index (χ0n) is 11.4. The molecule has 0 aromatic heterocycles. The highest BCUT2D eigenvalue weighted by Gasteiger charge is 2.36. The molecule has 0 aromatic carbocycles. The maximum absolute atomic E-state index is 11.8. The predicted octanol–water partition coefficient (Wildman–Crippen LogP) is 0.0636. The van der Waals surface area contributed by atoms with Crippen LogP contribution < -0.4 is 5.32 Å². The third-order valence-electron chi connectivity index (χ3n) is 3.28. The number of piperazine rings is 1. The summed E-state index contributed by atoms with van der Waals surface area (Å²) in [5, 5.41) is 2.63. The molecule has 0 aliphatic carbocycles. The van der Waals surface area contributed by atoms with E-state index in [1.807, 2.05) is 0 Å². The Morgan fingerprint density at radius 2 is 1.82 bits per heavy atom. The van der Waals surface area contributed by atoms with Gasteiger partial charge in [0.2, 0.25) is 11.8 Å². The fourth-order valence-corrected chi connectivity index (χ4v) is 2.16. The molecule has 1 unspecified atom stereocenters. The molecule has 1 saturated heterocycles. The van der Waals surface area contributed by atoms with Crippen LogP contribution in [-0.2, 0) is 9.59 Å². The number of nitrogens with zero attached hydrogens (tertiary/aromatic N) is 2. The summed E-state index contributed by atoms with van der Waals surface area (Å²) < 4.78 is 0. The van der Waals surface area contributed by atoms with Crippen LogP contribution in [0.15, 0.2) is 0 Å². The molecular weight excluding hydrogens is 218 g/mol. The second-order valence-electron chi connectivity index (χ2n) is 5.46. The van der Waals surface area contributed by atoms with Gasteiger partial charge in [-0.2, -0.15) is 0 Å². The third kappa shape index (κ3) is 3.19. The summed E-state index contributed by atoms with van der Waals surface area (Å²) in [7, 11) is 1.61. The number of carbonyl (C=O) groups excluding carboxylic acids is 2. The zero-order chi connectivity index (χ0) is 13.2. The number of nitrogens with one attached hydrogen (secondary N) is 1. The number of likely N-dealkylation sites (N-methyl/N-ethyl adjacent to an activating group) is 1. The first-order valence-electron chi connectivity index (χ1n) is 6.01. The molecule has 1 rings (SSSR count). The SMILES string of the molecule is CNC(=O)C1CN(C(C)(C)C)CCN1C(C)=O. The molecule has 98 valence electrons. The molecule has 1 N–H and O–H groups in total. The summed E-state index contributed by atoms with van der Waals surface area (Å²) in [6.07, 6.45) is 0. The van der Waals surface area contributed by atoms with Crippen LogP contribution in [0.3, 0.4) is 0 Å². The molecule has 0 spiro atoms. The van der Waals surface area contributed by atoms with Crippen molar-refractivity contribution >= 4 is 11.8 Å². The van der Waals surface area contributed by atoms with Crippen LogP contribution in [0, 0.1) is 0 Å². The lowest BCUT2D eigenvalue weighted by Crippen LogP contribution is -2.63. The van der Waals surface area contributed by atoms with Crippen molar-refractivity contribution in [1.82, 2.24) is 15.1 Å². The van der Waals surface area contributed by atoms with Crippen LogP contribution in [0.1, 0.15) is 27.7 Å². The zero-order valence-corrected chi connectivity index (χ0v) is 11.4. The number of carbonyl (C=O) groups is 2. The van der Waals surface area contributed by atoms with Gasteiger partial charge in [0.1, 0.15) is 6.04 Å².